The number of carboxylic acid groups (broad SMARTS) is 1. The average Bonchev–Trinajstić information content (AvgIpc) is 3.19. The van der Waals surface area contributed by atoms with Gasteiger partial charge in [-0.1, -0.05) is 11.6 Å². The van der Waals surface area contributed by atoms with Crippen molar-refractivity contribution in [1.29, 1.82) is 5.26 Å². The second-order valence-electron chi connectivity index (χ2n) is 5.79. The molecule has 1 atom stereocenters. The van der Waals surface area contributed by atoms with Gasteiger partial charge >= 0.3 is 5.97 Å². The second-order valence-corrected chi connectivity index (χ2v) is 6.22. The van der Waals surface area contributed by atoms with E-state index in [0.717, 1.165) is 4.57 Å². The lowest BCUT2D eigenvalue weighted by atomic mass is 10.00. The topological polar surface area (TPSA) is 118 Å². The quantitative estimate of drug-likeness (QED) is 0.676. The van der Waals surface area contributed by atoms with Gasteiger partial charge in [-0.15, -0.1) is 0 Å². The molecule has 0 aliphatic rings. The third-order valence-corrected chi connectivity index (χ3v) is 4.36. The summed E-state index contributed by atoms with van der Waals surface area (Å²) in [6.45, 7) is 0. The minimum atomic E-state index is -1.25. The summed E-state index contributed by atoms with van der Waals surface area (Å²) in [5, 5.41) is 19.3. The lowest BCUT2D eigenvalue weighted by molar-refractivity contribution is -0.141. The highest BCUT2D eigenvalue weighted by Gasteiger charge is 2.25. The van der Waals surface area contributed by atoms with Crippen LogP contribution < -0.4 is 10.3 Å². The Hall–Kier alpha value is -3.57. The first kappa shape index (κ1) is 19.2. The van der Waals surface area contributed by atoms with E-state index in [1.165, 1.54) is 37.9 Å². The molecule has 0 spiro atoms. The number of oxazole rings is 1. The van der Waals surface area contributed by atoms with Crippen molar-refractivity contribution in [2.45, 2.75) is 12.5 Å². The number of carbonyl (C=O) groups is 1. The number of aromatic nitrogens is 2. The van der Waals surface area contributed by atoms with E-state index in [-0.39, 0.29) is 18.1 Å². The lowest BCUT2D eigenvalue weighted by Gasteiger charge is -2.17. The number of aliphatic carboxylic acids is 1. The molecule has 1 N–H and O–H groups in total. The van der Waals surface area contributed by atoms with Crippen molar-refractivity contribution in [2.24, 2.45) is 0 Å². The Balaban J connectivity index is 2.14. The number of carboxylic acids is 1. The maximum Gasteiger partial charge on any atom is 0.327 e. The van der Waals surface area contributed by atoms with Crippen LogP contribution >= 0.6 is 11.6 Å². The third-order valence-electron chi connectivity index (χ3n) is 4.13. The van der Waals surface area contributed by atoms with Crippen LogP contribution in [0.3, 0.4) is 0 Å². The molecule has 28 heavy (non-hydrogen) atoms. The predicted octanol–water partition coefficient (Wildman–Crippen LogP) is 2.91. The first-order valence-corrected chi connectivity index (χ1v) is 8.43. The smallest absolute Gasteiger partial charge is 0.327 e. The van der Waals surface area contributed by atoms with Crippen molar-refractivity contribution in [3.05, 3.63) is 69.8 Å². The monoisotopic (exact) mass is 399 g/mol. The van der Waals surface area contributed by atoms with Crippen LogP contribution in [0.15, 0.2) is 52.1 Å². The molecule has 0 bridgehead atoms. The Bertz CT molecular complexity index is 1120. The van der Waals surface area contributed by atoms with Gasteiger partial charge in [0.15, 0.2) is 5.89 Å². The van der Waals surface area contributed by atoms with E-state index in [4.69, 9.17) is 20.8 Å². The van der Waals surface area contributed by atoms with E-state index in [9.17, 15) is 20.0 Å². The number of benzene rings is 1. The van der Waals surface area contributed by atoms with Crippen LogP contribution in [0.2, 0.25) is 5.02 Å². The number of ether oxygens (including phenoxy) is 1. The summed E-state index contributed by atoms with van der Waals surface area (Å²) in [5.41, 5.74) is 0.465. The normalized spacial score (nSPS) is 11.6. The SMILES string of the molecule is COc1cn(C(Cc2ncco2)C(=O)O)c(=O)cc1-c1cc(Cl)ccc1C#N. The van der Waals surface area contributed by atoms with Crippen molar-refractivity contribution in [1.82, 2.24) is 9.55 Å². The molecule has 1 aromatic carbocycles. The van der Waals surface area contributed by atoms with Gasteiger partial charge in [-0.2, -0.15) is 5.26 Å². The number of halogens is 1. The van der Waals surface area contributed by atoms with Gasteiger partial charge in [-0.3, -0.25) is 9.36 Å². The number of nitriles is 1. The highest BCUT2D eigenvalue weighted by Crippen LogP contribution is 2.33. The minimum absolute atomic E-state index is 0.120. The zero-order valence-corrected chi connectivity index (χ0v) is 15.4. The maximum absolute atomic E-state index is 12.7. The Labute approximate surface area is 164 Å². The van der Waals surface area contributed by atoms with Gasteiger partial charge in [0, 0.05) is 22.2 Å². The molecule has 8 nitrogen and oxygen atoms in total. The first-order valence-electron chi connectivity index (χ1n) is 8.06. The van der Waals surface area contributed by atoms with Crippen LogP contribution in [-0.4, -0.2) is 27.7 Å². The molecule has 0 aliphatic heterocycles. The number of methoxy groups -OCH3 is 1. The van der Waals surface area contributed by atoms with Gasteiger partial charge in [-0.05, 0) is 18.2 Å². The van der Waals surface area contributed by atoms with E-state index >= 15 is 0 Å². The van der Waals surface area contributed by atoms with Crippen molar-refractivity contribution in [3.8, 4) is 22.9 Å². The Kier molecular flexibility index (Phi) is 5.47. The molecule has 3 aromatic rings. The fourth-order valence-electron chi connectivity index (χ4n) is 2.81. The second kappa shape index (κ2) is 7.98. The van der Waals surface area contributed by atoms with Gasteiger partial charge in [0.25, 0.3) is 5.56 Å². The molecule has 9 heteroatoms. The van der Waals surface area contributed by atoms with Crippen molar-refractivity contribution in [3.63, 3.8) is 0 Å². The molecule has 0 aliphatic carbocycles. The summed E-state index contributed by atoms with van der Waals surface area (Å²) in [6.07, 6.45) is 3.89. The molecule has 142 valence electrons. The Morgan fingerprint density at radius 1 is 1.43 bits per heavy atom. The number of hydrogen-bond donors (Lipinski definition) is 1. The molecule has 3 rings (SSSR count). The van der Waals surface area contributed by atoms with Gasteiger partial charge in [0.1, 0.15) is 18.1 Å². The third kappa shape index (κ3) is 3.75. The minimum Gasteiger partial charge on any atom is -0.495 e. The van der Waals surface area contributed by atoms with E-state index in [2.05, 4.69) is 4.98 Å². The summed E-state index contributed by atoms with van der Waals surface area (Å²) >= 11 is 6.03. The lowest BCUT2D eigenvalue weighted by Crippen LogP contribution is -2.31. The Morgan fingerprint density at radius 2 is 2.21 bits per heavy atom. The van der Waals surface area contributed by atoms with E-state index in [1.54, 1.807) is 12.1 Å². The van der Waals surface area contributed by atoms with Crippen molar-refractivity contribution >= 4 is 17.6 Å². The zero-order valence-electron chi connectivity index (χ0n) is 14.6. The first-order chi connectivity index (χ1) is 13.4. The molecular formula is C19H14ClN3O5. The van der Waals surface area contributed by atoms with Crippen LogP contribution in [0.25, 0.3) is 11.1 Å². The Morgan fingerprint density at radius 3 is 2.82 bits per heavy atom. The van der Waals surface area contributed by atoms with Crippen LogP contribution in [-0.2, 0) is 11.2 Å². The largest absolute Gasteiger partial charge is 0.495 e. The zero-order chi connectivity index (χ0) is 20.3. The highest BCUT2D eigenvalue weighted by molar-refractivity contribution is 6.31. The van der Waals surface area contributed by atoms with Crippen molar-refractivity contribution in [2.75, 3.05) is 7.11 Å². The molecule has 1 unspecified atom stereocenters. The highest BCUT2D eigenvalue weighted by atomic mass is 35.5. The standard InChI is InChI=1S/C19H14ClN3O5/c1-27-16-10-23(15(19(25)26)8-17-22-4-5-28-17)18(24)7-14(16)13-6-12(20)3-2-11(13)9-21/h2-7,10,15H,8H2,1H3,(H,25,26). The molecular weight excluding hydrogens is 386 g/mol. The number of nitrogens with zero attached hydrogens (tertiary/aromatic N) is 3. The molecule has 2 heterocycles. The fourth-order valence-corrected chi connectivity index (χ4v) is 2.98. The van der Waals surface area contributed by atoms with E-state index < -0.39 is 17.6 Å². The number of rotatable bonds is 6. The van der Waals surface area contributed by atoms with Gasteiger partial charge in [0.2, 0.25) is 0 Å². The van der Waals surface area contributed by atoms with Crippen LogP contribution in [0.4, 0.5) is 0 Å². The van der Waals surface area contributed by atoms with E-state index in [0.29, 0.717) is 21.7 Å². The predicted molar refractivity (Wildman–Crippen MR) is 99.3 cm³/mol. The molecule has 0 saturated carbocycles. The van der Waals surface area contributed by atoms with Gasteiger partial charge in [0.05, 0.1) is 37.6 Å². The van der Waals surface area contributed by atoms with Crippen molar-refractivity contribution < 1.29 is 19.1 Å². The molecule has 0 radical (unpaired) electrons. The number of pyridine rings is 1. The molecule has 0 amide bonds. The van der Waals surface area contributed by atoms with E-state index in [1.807, 2.05) is 6.07 Å². The number of hydrogen-bond acceptors (Lipinski definition) is 6. The molecule has 2 aromatic heterocycles. The summed E-state index contributed by atoms with van der Waals surface area (Å²) < 4.78 is 11.5. The summed E-state index contributed by atoms with van der Waals surface area (Å²) in [7, 11) is 1.38. The average molecular weight is 400 g/mol. The van der Waals surface area contributed by atoms with Gasteiger partial charge < -0.3 is 14.3 Å². The summed E-state index contributed by atoms with van der Waals surface area (Å²) in [5.74, 6) is -0.823. The van der Waals surface area contributed by atoms with Gasteiger partial charge in [-0.25, -0.2) is 9.78 Å². The molecule has 0 fully saturated rings. The summed E-state index contributed by atoms with van der Waals surface area (Å²) in [6, 6.07) is 6.65. The maximum atomic E-state index is 12.7. The summed E-state index contributed by atoms with van der Waals surface area (Å²) in [4.78, 5) is 28.4. The fraction of sp³-hybridized carbons (Fsp3) is 0.158. The molecule has 0 saturated heterocycles. The van der Waals surface area contributed by atoms with Crippen LogP contribution in [0.5, 0.6) is 5.75 Å². The van der Waals surface area contributed by atoms with Crippen LogP contribution in [0.1, 0.15) is 17.5 Å². The van der Waals surface area contributed by atoms with Crippen LogP contribution in [0, 0.1) is 11.3 Å².